The second-order valence-electron chi connectivity index (χ2n) is 24.5. The first kappa shape index (κ1) is 79.8. The van der Waals surface area contributed by atoms with Crippen LogP contribution in [0.3, 0.4) is 0 Å². The largest absolute Gasteiger partial charge is 0.462 e. The molecule has 0 saturated carbocycles. The maximum atomic E-state index is 12.9. The van der Waals surface area contributed by atoms with Gasteiger partial charge in [-0.05, 0) is 89.9 Å². The van der Waals surface area contributed by atoms with Gasteiger partial charge in [-0.3, -0.25) is 14.4 Å². The van der Waals surface area contributed by atoms with Crippen LogP contribution in [0.4, 0.5) is 0 Å². The highest BCUT2D eigenvalue weighted by Crippen LogP contribution is 2.19. The highest BCUT2D eigenvalue weighted by molar-refractivity contribution is 5.71. The summed E-state index contributed by atoms with van der Waals surface area (Å²) in [5.41, 5.74) is 0. The van der Waals surface area contributed by atoms with E-state index < -0.39 is 6.10 Å². The lowest BCUT2D eigenvalue weighted by Crippen LogP contribution is -2.30. The normalized spacial score (nSPS) is 12.5. The molecule has 1 atom stereocenters. The number of carbonyl (C=O) groups excluding carboxylic acids is 3. The van der Waals surface area contributed by atoms with Crippen molar-refractivity contribution in [2.75, 3.05) is 13.2 Å². The van der Waals surface area contributed by atoms with Gasteiger partial charge in [-0.1, -0.05) is 344 Å². The molecule has 0 aromatic rings. The fourth-order valence-corrected chi connectivity index (χ4v) is 10.8. The number of hydrogen-bond donors (Lipinski definition) is 0. The standard InChI is InChI=1S/C77H138O6/c1-4-7-10-13-16-19-22-25-27-29-31-32-33-34-35-36-37-38-39-40-41-42-43-44-46-47-49-52-55-58-61-64-67-70-76(79)82-73-74(72-81-75(78)69-66-63-60-57-54-51-24-21-18-15-12-9-6-3)83-77(80)71-68-65-62-59-56-53-50-48-45-30-28-26-23-20-17-14-11-8-5-2/h8,11,17,20-21,24,26,28,45,48,53,56,74H,4-7,9-10,12-16,18-19,22-23,25,27,29-44,46-47,49-52,54-55,57-73H2,1-3H3/b11-8-,20-17-,24-21-,28-26-,48-45-,56-53-. The van der Waals surface area contributed by atoms with Gasteiger partial charge in [0.25, 0.3) is 0 Å². The van der Waals surface area contributed by atoms with E-state index in [0.29, 0.717) is 19.3 Å². The molecule has 0 aromatic heterocycles. The van der Waals surface area contributed by atoms with E-state index in [9.17, 15) is 14.4 Å². The van der Waals surface area contributed by atoms with Crippen LogP contribution in [0.25, 0.3) is 0 Å². The zero-order chi connectivity index (χ0) is 59.9. The quantitative estimate of drug-likeness (QED) is 0.0261. The van der Waals surface area contributed by atoms with E-state index in [1.54, 1.807) is 0 Å². The Bertz CT molecular complexity index is 1520. The zero-order valence-corrected chi connectivity index (χ0v) is 55.5. The van der Waals surface area contributed by atoms with Crippen molar-refractivity contribution >= 4 is 17.9 Å². The van der Waals surface area contributed by atoms with E-state index in [0.717, 1.165) is 103 Å². The zero-order valence-electron chi connectivity index (χ0n) is 55.5. The summed E-state index contributed by atoms with van der Waals surface area (Å²) in [6, 6.07) is 0. The van der Waals surface area contributed by atoms with Crippen LogP contribution in [0.15, 0.2) is 72.9 Å². The second kappa shape index (κ2) is 71.3. The van der Waals surface area contributed by atoms with Crippen molar-refractivity contribution in [1.82, 2.24) is 0 Å². The van der Waals surface area contributed by atoms with Crippen molar-refractivity contribution in [2.45, 2.75) is 386 Å². The average Bonchev–Trinajstić information content (AvgIpc) is 3.49. The minimum Gasteiger partial charge on any atom is -0.462 e. The van der Waals surface area contributed by atoms with Gasteiger partial charge in [0.15, 0.2) is 6.10 Å². The van der Waals surface area contributed by atoms with E-state index in [-0.39, 0.29) is 31.1 Å². The first-order valence-corrected chi connectivity index (χ1v) is 36.4. The molecule has 1 unspecified atom stereocenters. The lowest BCUT2D eigenvalue weighted by molar-refractivity contribution is -0.167. The third kappa shape index (κ3) is 69.5. The van der Waals surface area contributed by atoms with E-state index in [2.05, 4.69) is 93.7 Å². The predicted octanol–water partition coefficient (Wildman–Crippen LogP) is 25.2. The predicted molar refractivity (Wildman–Crippen MR) is 362 cm³/mol. The molecule has 0 spiro atoms. The van der Waals surface area contributed by atoms with Crippen molar-refractivity contribution in [3.8, 4) is 0 Å². The second-order valence-corrected chi connectivity index (χ2v) is 24.5. The summed E-state index contributed by atoms with van der Waals surface area (Å²) in [6.07, 6.45) is 93.9. The fraction of sp³-hybridized carbons (Fsp3) is 0.805. The summed E-state index contributed by atoms with van der Waals surface area (Å²) in [6.45, 7) is 6.53. The molecule has 0 aliphatic rings. The highest BCUT2D eigenvalue weighted by atomic mass is 16.6. The molecule has 83 heavy (non-hydrogen) atoms. The van der Waals surface area contributed by atoms with Crippen molar-refractivity contribution in [3.05, 3.63) is 72.9 Å². The molecular formula is C77H138O6. The first-order chi connectivity index (χ1) is 41.0. The summed E-state index contributed by atoms with van der Waals surface area (Å²) >= 11 is 0. The van der Waals surface area contributed by atoms with E-state index in [1.807, 2.05) is 0 Å². The van der Waals surface area contributed by atoms with Crippen LogP contribution >= 0.6 is 0 Å². The Morgan fingerprint density at radius 1 is 0.253 bits per heavy atom. The van der Waals surface area contributed by atoms with E-state index in [4.69, 9.17) is 14.2 Å². The van der Waals surface area contributed by atoms with Crippen LogP contribution in [0.2, 0.25) is 0 Å². The number of rotatable bonds is 67. The monoisotopic (exact) mass is 1160 g/mol. The molecule has 6 nitrogen and oxygen atoms in total. The molecule has 0 fully saturated rings. The molecule has 0 saturated heterocycles. The van der Waals surface area contributed by atoms with E-state index in [1.165, 1.54) is 238 Å². The van der Waals surface area contributed by atoms with Gasteiger partial charge in [0.1, 0.15) is 13.2 Å². The lowest BCUT2D eigenvalue weighted by Gasteiger charge is -2.18. The molecule has 0 radical (unpaired) electrons. The van der Waals surface area contributed by atoms with Crippen LogP contribution in [0, 0.1) is 0 Å². The number of allylic oxidation sites excluding steroid dienone is 12. The molecule has 0 aliphatic carbocycles. The average molecular weight is 1160 g/mol. The van der Waals surface area contributed by atoms with Crippen LogP contribution in [-0.4, -0.2) is 37.2 Å². The molecule has 482 valence electrons. The summed E-state index contributed by atoms with van der Waals surface area (Å²) in [4.78, 5) is 38.4. The third-order valence-electron chi connectivity index (χ3n) is 16.2. The lowest BCUT2D eigenvalue weighted by atomic mass is 10.0. The van der Waals surface area contributed by atoms with Gasteiger partial charge in [0.2, 0.25) is 0 Å². The Hall–Kier alpha value is -3.15. The highest BCUT2D eigenvalue weighted by Gasteiger charge is 2.19. The topological polar surface area (TPSA) is 78.9 Å². The first-order valence-electron chi connectivity index (χ1n) is 36.4. The van der Waals surface area contributed by atoms with E-state index >= 15 is 0 Å². The summed E-state index contributed by atoms with van der Waals surface area (Å²) in [5, 5.41) is 0. The van der Waals surface area contributed by atoms with Crippen LogP contribution in [0.1, 0.15) is 380 Å². The van der Waals surface area contributed by atoms with Gasteiger partial charge >= 0.3 is 17.9 Å². The summed E-state index contributed by atoms with van der Waals surface area (Å²) in [7, 11) is 0. The molecule has 0 aromatic carbocycles. The Kier molecular flexibility index (Phi) is 68.6. The minimum absolute atomic E-state index is 0.0885. The van der Waals surface area contributed by atoms with Gasteiger partial charge in [0.05, 0.1) is 0 Å². The van der Waals surface area contributed by atoms with Crippen molar-refractivity contribution < 1.29 is 28.6 Å². The molecule has 0 heterocycles. The Morgan fingerprint density at radius 2 is 0.470 bits per heavy atom. The molecule has 0 bridgehead atoms. The number of ether oxygens (including phenoxy) is 3. The Labute approximate surface area is 516 Å². The summed E-state index contributed by atoms with van der Waals surface area (Å²) in [5.74, 6) is -0.912. The maximum absolute atomic E-state index is 12.9. The molecule has 0 amide bonds. The van der Waals surface area contributed by atoms with Crippen LogP contribution < -0.4 is 0 Å². The summed E-state index contributed by atoms with van der Waals surface area (Å²) < 4.78 is 16.9. The Morgan fingerprint density at radius 3 is 0.771 bits per heavy atom. The molecule has 0 N–H and O–H groups in total. The SMILES string of the molecule is CC/C=C\C/C=C\C/C=C\C/C=C\C/C=C\CCCCCC(=O)OC(COC(=O)CCCCCCC/C=C\CCCCCC)COC(=O)CCCCCCCCCCCCCCCCCCCCCCCCCCCCCCCCCCC. The van der Waals surface area contributed by atoms with Crippen LogP contribution in [0.5, 0.6) is 0 Å². The van der Waals surface area contributed by atoms with Crippen molar-refractivity contribution in [3.63, 3.8) is 0 Å². The molecule has 0 aliphatic heterocycles. The third-order valence-corrected chi connectivity index (χ3v) is 16.2. The van der Waals surface area contributed by atoms with Gasteiger partial charge in [-0.2, -0.15) is 0 Å². The number of unbranched alkanes of at least 4 members (excludes halogenated alkanes) is 44. The number of hydrogen-bond acceptors (Lipinski definition) is 6. The number of esters is 3. The van der Waals surface area contributed by atoms with Crippen molar-refractivity contribution in [2.24, 2.45) is 0 Å². The molecule has 6 heteroatoms. The molecular weight excluding hydrogens is 1020 g/mol. The van der Waals surface area contributed by atoms with Crippen LogP contribution in [-0.2, 0) is 28.6 Å². The Balaban J connectivity index is 4.17. The maximum Gasteiger partial charge on any atom is 0.306 e. The van der Waals surface area contributed by atoms with Gasteiger partial charge in [-0.25, -0.2) is 0 Å². The van der Waals surface area contributed by atoms with Crippen molar-refractivity contribution in [1.29, 1.82) is 0 Å². The minimum atomic E-state index is -0.797. The van der Waals surface area contributed by atoms with Gasteiger partial charge in [0, 0.05) is 19.3 Å². The number of carbonyl (C=O) groups is 3. The molecule has 0 rings (SSSR count). The smallest absolute Gasteiger partial charge is 0.306 e. The van der Waals surface area contributed by atoms with Gasteiger partial charge < -0.3 is 14.2 Å². The van der Waals surface area contributed by atoms with Gasteiger partial charge in [-0.15, -0.1) is 0 Å². The fourth-order valence-electron chi connectivity index (χ4n) is 10.8.